The van der Waals surface area contributed by atoms with E-state index in [-0.39, 0.29) is 58.9 Å². The molecule has 0 aliphatic rings. The van der Waals surface area contributed by atoms with Gasteiger partial charge in [-0.25, -0.2) is 12.1 Å². The van der Waals surface area contributed by atoms with Crippen LogP contribution in [-0.2, 0) is 21.7 Å². The first-order chi connectivity index (χ1) is 13.8. The molecule has 5 heteroatoms. The molecule has 0 amide bonds. The fourth-order valence-electron chi connectivity index (χ4n) is 4.46. The zero-order valence-corrected chi connectivity index (χ0v) is 23.1. The van der Waals surface area contributed by atoms with Crippen molar-refractivity contribution in [1.29, 1.82) is 0 Å². The first kappa shape index (κ1) is 30.8. The summed E-state index contributed by atoms with van der Waals surface area (Å²) < 4.78 is 0. The van der Waals surface area contributed by atoms with Gasteiger partial charge in [0.15, 0.2) is 0 Å². The smallest absolute Gasteiger partial charge is 1.00 e. The quantitative estimate of drug-likeness (QED) is 0.133. The van der Waals surface area contributed by atoms with Gasteiger partial charge in [-0.3, -0.25) is 0 Å². The molecule has 4 rings (SSSR count). The molecule has 0 saturated carbocycles. The Morgan fingerprint density at radius 3 is 1.34 bits per heavy atom. The van der Waals surface area contributed by atoms with Gasteiger partial charge in [0.05, 0.1) is 0 Å². The fraction of sp³-hybridized carbons (Fsp3) is 0.148. The van der Waals surface area contributed by atoms with Crippen LogP contribution >= 0.6 is 0 Å². The van der Waals surface area contributed by atoms with E-state index in [1.807, 2.05) is 0 Å². The van der Waals surface area contributed by atoms with Crippen LogP contribution in [0.4, 0.5) is 0 Å². The van der Waals surface area contributed by atoms with Gasteiger partial charge in [0.25, 0.3) is 0 Å². The Balaban J connectivity index is 0.00000240. The minimum absolute atomic E-state index is 0. The van der Waals surface area contributed by atoms with E-state index in [0.29, 0.717) is 5.92 Å². The molecule has 0 saturated heterocycles. The second kappa shape index (κ2) is 14.2. The molecule has 0 aliphatic heterocycles. The van der Waals surface area contributed by atoms with Crippen LogP contribution in [0.25, 0.3) is 0 Å². The van der Waals surface area contributed by atoms with Crippen LogP contribution < -0.4 is 58.0 Å². The molecular formula is C27H27Cl3SiTi. The third-order valence-corrected chi connectivity index (χ3v) is 10.9. The van der Waals surface area contributed by atoms with Gasteiger partial charge >= 0.3 is 21.7 Å². The van der Waals surface area contributed by atoms with Crippen LogP contribution in [0.3, 0.4) is 0 Å². The Hall–Kier alpha value is -1.19. The Bertz CT molecular complexity index is 924. The van der Waals surface area contributed by atoms with Crippen LogP contribution in [0, 0.1) is 0 Å². The SMILES string of the molecule is CCC(C)c1ccc[c-]1[Si](c1ccccc1)(c1ccccc1)c1ccccc1.[Cl-].[Cl-].[Cl-].[Ti+4]. The van der Waals surface area contributed by atoms with Gasteiger partial charge < -0.3 is 37.2 Å². The van der Waals surface area contributed by atoms with E-state index in [1.165, 1.54) is 26.3 Å². The van der Waals surface area contributed by atoms with E-state index in [4.69, 9.17) is 0 Å². The van der Waals surface area contributed by atoms with Crippen LogP contribution in [0.2, 0.25) is 0 Å². The van der Waals surface area contributed by atoms with Crippen molar-refractivity contribution in [2.24, 2.45) is 0 Å². The molecule has 0 heterocycles. The first-order valence-electron chi connectivity index (χ1n) is 10.2. The summed E-state index contributed by atoms with van der Waals surface area (Å²) in [6, 6.07) is 40.5. The molecule has 32 heavy (non-hydrogen) atoms. The summed E-state index contributed by atoms with van der Waals surface area (Å²) in [5, 5.41) is 5.87. The molecular weight excluding hydrogens is 507 g/mol. The van der Waals surface area contributed by atoms with Crippen LogP contribution in [0.5, 0.6) is 0 Å². The van der Waals surface area contributed by atoms with Crippen molar-refractivity contribution in [1.82, 2.24) is 0 Å². The molecule has 0 aliphatic carbocycles. The minimum atomic E-state index is -2.37. The van der Waals surface area contributed by atoms with Gasteiger partial charge in [-0.2, -0.15) is 11.6 Å². The molecule has 0 fully saturated rings. The Morgan fingerprint density at radius 1 is 0.625 bits per heavy atom. The summed E-state index contributed by atoms with van der Waals surface area (Å²) in [4.78, 5) is 0. The zero-order chi connectivity index (χ0) is 19.4. The Kier molecular flexibility index (Phi) is 13.6. The number of hydrogen-bond donors (Lipinski definition) is 0. The summed E-state index contributed by atoms with van der Waals surface area (Å²) in [5.41, 5.74) is 1.51. The van der Waals surface area contributed by atoms with Gasteiger partial charge in [0.1, 0.15) is 8.07 Å². The van der Waals surface area contributed by atoms with Gasteiger partial charge in [-0.05, 0) is 5.92 Å². The van der Waals surface area contributed by atoms with Crippen LogP contribution in [-0.4, -0.2) is 8.07 Å². The third kappa shape index (κ3) is 5.65. The number of rotatable bonds is 6. The van der Waals surface area contributed by atoms with Crippen molar-refractivity contribution in [2.75, 3.05) is 0 Å². The number of halogens is 3. The number of benzene rings is 3. The summed E-state index contributed by atoms with van der Waals surface area (Å²) in [6.45, 7) is 4.65. The Morgan fingerprint density at radius 2 is 1.00 bits per heavy atom. The van der Waals surface area contributed by atoms with E-state index in [9.17, 15) is 0 Å². The predicted molar refractivity (Wildman–Crippen MR) is 124 cm³/mol. The molecule has 0 nitrogen and oxygen atoms in total. The maximum absolute atomic E-state index is 2.39. The van der Waals surface area contributed by atoms with Crippen molar-refractivity contribution in [3.63, 3.8) is 0 Å². The summed E-state index contributed by atoms with van der Waals surface area (Å²) in [7, 11) is -2.37. The van der Waals surface area contributed by atoms with E-state index in [1.54, 1.807) is 0 Å². The van der Waals surface area contributed by atoms with Gasteiger partial charge in [0.2, 0.25) is 0 Å². The van der Waals surface area contributed by atoms with Gasteiger partial charge in [0, 0.05) is 0 Å². The van der Waals surface area contributed by atoms with Crippen LogP contribution in [0.15, 0.2) is 109 Å². The normalized spacial score (nSPS) is 11.1. The third-order valence-electron chi connectivity index (χ3n) is 6.02. The van der Waals surface area contributed by atoms with Crippen molar-refractivity contribution in [3.8, 4) is 0 Å². The molecule has 1 atom stereocenters. The second-order valence-corrected chi connectivity index (χ2v) is 11.3. The van der Waals surface area contributed by atoms with E-state index < -0.39 is 8.07 Å². The average Bonchev–Trinajstić information content (AvgIpc) is 3.26. The average molecular weight is 534 g/mol. The van der Waals surface area contributed by atoms with Crippen molar-refractivity contribution < 1.29 is 58.9 Å². The maximum Gasteiger partial charge on any atom is 4.00 e. The van der Waals surface area contributed by atoms with Crippen molar-refractivity contribution in [3.05, 3.63) is 115 Å². The molecule has 4 aromatic rings. The maximum atomic E-state index is 2.39. The number of hydrogen-bond acceptors (Lipinski definition) is 0. The Labute approximate surface area is 227 Å². The molecule has 1 unspecified atom stereocenters. The molecule has 0 N–H and O–H groups in total. The topological polar surface area (TPSA) is 0 Å². The largest absolute Gasteiger partial charge is 4.00 e. The van der Waals surface area contributed by atoms with E-state index in [0.717, 1.165) is 6.42 Å². The summed E-state index contributed by atoms with van der Waals surface area (Å²) in [6.07, 6.45) is 1.15. The van der Waals surface area contributed by atoms with E-state index in [2.05, 4.69) is 123 Å². The molecule has 164 valence electrons. The van der Waals surface area contributed by atoms with Gasteiger partial charge in [-0.15, -0.1) is 5.19 Å². The van der Waals surface area contributed by atoms with Crippen molar-refractivity contribution in [2.45, 2.75) is 26.2 Å². The standard InChI is InChI=1S/C27H27Si.3ClH.Ti/c1-3-22(2)26-20-13-21-27(26)28(23-14-7-4-8-15-23,24-16-9-5-10-17-24)25-18-11-6-12-19-25;;;;/h4-22H,3H2,1-2H3;3*1H;/q-1;;;;+4/p-3. The molecule has 0 aromatic heterocycles. The molecule has 0 radical (unpaired) electrons. The summed E-state index contributed by atoms with van der Waals surface area (Å²) in [5.74, 6) is 0.549. The van der Waals surface area contributed by atoms with E-state index >= 15 is 0 Å². The van der Waals surface area contributed by atoms with Crippen molar-refractivity contribution >= 4 is 28.8 Å². The zero-order valence-electron chi connectivity index (χ0n) is 18.3. The summed E-state index contributed by atoms with van der Waals surface area (Å²) >= 11 is 0. The van der Waals surface area contributed by atoms with Gasteiger partial charge in [-0.1, -0.05) is 127 Å². The molecule has 0 bridgehead atoms. The molecule has 4 aromatic carbocycles. The predicted octanol–water partition coefficient (Wildman–Crippen LogP) is -4.69. The fourth-order valence-corrected chi connectivity index (χ4v) is 9.58. The minimum Gasteiger partial charge on any atom is -1.00 e. The monoisotopic (exact) mass is 532 g/mol. The second-order valence-electron chi connectivity index (χ2n) is 7.55. The molecule has 0 spiro atoms. The first-order valence-corrected chi connectivity index (χ1v) is 12.2. The van der Waals surface area contributed by atoms with Crippen LogP contribution in [0.1, 0.15) is 31.7 Å².